The normalized spacial score (nSPS) is 16.4. The molecule has 3 aromatic rings. The number of rotatable bonds is 6. The highest BCUT2D eigenvalue weighted by atomic mass is 32.1. The third kappa shape index (κ3) is 5.19. The molecule has 0 saturated carbocycles. The Bertz CT molecular complexity index is 1020. The molecule has 2 aromatic carbocycles. The van der Waals surface area contributed by atoms with Gasteiger partial charge in [-0.2, -0.15) is 4.37 Å². The summed E-state index contributed by atoms with van der Waals surface area (Å²) in [6, 6.07) is 14.1. The fourth-order valence-corrected chi connectivity index (χ4v) is 4.47. The Morgan fingerprint density at radius 3 is 2.52 bits per heavy atom. The van der Waals surface area contributed by atoms with Crippen molar-refractivity contribution in [1.29, 1.82) is 0 Å². The monoisotopic (exact) mass is 440 g/mol. The predicted molar refractivity (Wildman–Crippen MR) is 119 cm³/mol. The summed E-state index contributed by atoms with van der Waals surface area (Å²) in [4.78, 5) is 21.6. The number of amides is 1. The molecule has 0 radical (unpaired) electrons. The zero-order chi connectivity index (χ0) is 21.8. The molecule has 31 heavy (non-hydrogen) atoms. The number of methoxy groups -OCH3 is 1. The molecule has 1 aliphatic heterocycles. The van der Waals surface area contributed by atoms with Gasteiger partial charge in [-0.3, -0.25) is 4.79 Å². The van der Waals surface area contributed by atoms with Gasteiger partial charge in [0.25, 0.3) is 0 Å². The molecular weight excluding hydrogens is 415 g/mol. The van der Waals surface area contributed by atoms with Gasteiger partial charge in [0.2, 0.25) is 11.0 Å². The molecule has 1 atom stereocenters. The van der Waals surface area contributed by atoms with E-state index in [9.17, 15) is 9.18 Å². The van der Waals surface area contributed by atoms with Crippen LogP contribution in [0.2, 0.25) is 0 Å². The van der Waals surface area contributed by atoms with Crippen molar-refractivity contribution in [2.45, 2.75) is 25.8 Å². The number of carbonyl (C=O) groups is 1. The second-order valence-corrected chi connectivity index (χ2v) is 8.43. The van der Waals surface area contributed by atoms with Gasteiger partial charge in [-0.05, 0) is 42.3 Å². The maximum atomic E-state index is 13.1. The van der Waals surface area contributed by atoms with Gasteiger partial charge < -0.3 is 14.5 Å². The molecule has 1 saturated heterocycles. The lowest BCUT2D eigenvalue weighted by Gasteiger charge is -2.39. The number of halogens is 1. The minimum atomic E-state index is -0.246. The van der Waals surface area contributed by atoms with Crippen molar-refractivity contribution in [3.8, 4) is 5.75 Å². The summed E-state index contributed by atoms with van der Waals surface area (Å²) >= 11 is 1.37. The number of ether oxygens (including phenoxy) is 1. The molecule has 1 aromatic heterocycles. The van der Waals surface area contributed by atoms with Gasteiger partial charge >= 0.3 is 0 Å². The fraction of sp³-hybridized carbons (Fsp3) is 0.348. The SMILES string of the molecule is COc1ccc(CC(=O)N2CCN(c3nc(Cc4ccc(F)cc4)ns3)CC2C)cc1. The van der Waals surface area contributed by atoms with Gasteiger partial charge in [-0.1, -0.05) is 24.3 Å². The number of benzene rings is 2. The van der Waals surface area contributed by atoms with E-state index in [0.29, 0.717) is 19.4 Å². The maximum Gasteiger partial charge on any atom is 0.227 e. The lowest BCUT2D eigenvalue weighted by molar-refractivity contribution is -0.132. The number of piperazine rings is 1. The molecule has 2 heterocycles. The molecule has 4 rings (SSSR count). The van der Waals surface area contributed by atoms with Crippen LogP contribution in [-0.2, 0) is 17.6 Å². The first-order valence-electron chi connectivity index (χ1n) is 10.3. The lowest BCUT2D eigenvalue weighted by Crippen LogP contribution is -2.54. The van der Waals surface area contributed by atoms with E-state index < -0.39 is 0 Å². The quantitative estimate of drug-likeness (QED) is 0.587. The van der Waals surface area contributed by atoms with E-state index in [4.69, 9.17) is 4.74 Å². The van der Waals surface area contributed by atoms with Crippen LogP contribution in [0.3, 0.4) is 0 Å². The van der Waals surface area contributed by atoms with Crippen LogP contribution < -0.4 is 9.64 Å². The van der Waals surface area contributed by atoms with E-state index in [2.05, 4.69) is 21.2 Å². The number of hydrogen-bond acceptors (Lipinski definition) is 6. The van der Waals surface area contributed by atoms with Crippen LogP contribution >= 0.6 is 11.5 Å². The second-order valence-electron chi connectivity index (χ2n) is 7.70. The molecule has 1 amide bonds. The number of aromatic nitrogens is 2. The first-order valence-corrected chi connectivity index (χ1v) is 11.0. The third-order valence-corrected chi connectivity index (χ3v) is 6.28. The minimum absolute atomic E-state index is 0.0870. The molecule has 162 valence electrons. The smallest absolute Gasteiger partial charge is 0.227 e. The number of hydrogen-bond donors (Lipinski definition) is 0. The Morgan fingerprint density at radius 1 is 1.13 bits per heavy atom. The van der Waals surface area contributed by atoms with Crippen molar-refractivity contribution in [1.82, 2.24) is 14.3 Å². The molecular formula is C23H25FN4O2S. The van der Waals surface area contributed by atoms with Crippen molar-refractivity contribution < 1.29 is 13.9 Å². The fourth-order valence-electron chi connectivity index (χ4n) is 3.75. The van der Waals surface area contributed by atoms with Crippen LogP contribution in [0, 0.1) is 5.82 Å². The Kier molecular flexibility index (Phi) is 6.46. The van der Waals surface area contributed by atoms with Gasteiger partial charge in [-0.15, -0.1) is 0 Å². The van der Waals surface area contributed by atoms with Crippen molar-refractivity contribution in [2.75, 3.05) is 31.6 Å². The van der Waals surface area contributed by atoms with Crippen molar-refractivity contribution in [3.63, 3.8) is 0 Å². The summed E-state index contributed by atoms with van der Waals surface area (Å²) in [5.74, 6) is 1.40. The highest BCUT2D eigenvalue weighted by molar-refractivity contribution is 7.09. The minimum Gasteiger partial charge on any atom is -0.497 e. The largest absolute Gasteiger partial charge is 0.497 e. The van der Waals surface area contributed by atoms with E-state index in [0.717, 1.165) is 40.9 Å². The summed E-state index contributed by atoms with van der Waals surface area (Å²) in [5.41, 5.74) is 1.96. The molecule has 0 N–H and O–H groups in total. The van der Waals surface area contributed by atoms with Crippen molar-refractivity contribution in [3.05, 3.63) is 71.3 Å². The molecule has 1 unspecified atom stereocenters. The van der Waals surface area contributed by atoms with E-state index in [-0.39, 0.29) is 17.8 Å². The van der Waals surface area contributed by atoms with Gasteiger partial charge in [0.15, 0.2) is 0 Å². The van der Waals surface area contributed by atoms with Crippen LogP contribution in [-0.4, -0.2) is 53.0 Å². The van der Waals surface area contributed by atoms with Crippen molar-refractivity contribution >= 4 is 22.6 Å². The molecule has 8 heteroatoms. The van der Waals surface area contributed by atoms with Crippen LogP contribution in [0.4, 0.5) is 9.52 Å². The topological polar surface area (TPSA) is 58.6 Å². The first kappa shape index (κ1) is 21.2. The maximum absolute atomic E-state index is 13.1. The highest BCUT2D eigenvalue weighted by Crippen LogP contribution is 2.23. The third-order valence-electron chi connectivity index (χ3n) is 5.47. The highest BCUT2D eigenvalue weighted by Gasteiger charge is 2.29. The molecule has 6 nitrogen and oxygen atoms in total. The summed E-state index contributed by atoms with van der Waals surface area (Å²) in [7, 11) is 1.63. The molecule has 0 spiro atoms. The average Bonchev–Trinajstić information content (AvgIpc) is 3.24. The van der Waals surface area contributed by atoms with E-state index >= 15 is 0 Å². The summed E-state index contributed by atoms with van der Waals surface area (Å²) in [5, 5.41) is 0.867. The second kappa shape index (κ2) is 9.43. The average molecular weight is 441 g/mol. The van der Waals surface area contributed by atoms with E-state index in [1.54, 1.807) is 19.2 Å². The summed E-state index contributed by atoms with van der Waals surface area (Å²) < 4.78 is 22.7. The van der Waals surface area contributed by atoms with Gasteiger partial charge in [-0.25, -0.2) is 9.37 Å². The van der Waals surface area contributed by atoms with E-state index in [1.165, 1.54) is 23.7 Å². The van der Waals surface area contributed by atoms with Crippen LogP contribution in [0.25, 0.3) is 0 Å². The number of nitrogens with zero attached hydrogens (tertiary/aromatic N) is 4. The first-order chi connectivity index (χ1) is 15.0. The predicted octanol–water partition coefficient (Wildman–Crippen LogP) is 3.56. The Hall–Kier alpha value is -3.00. The van der Waals surface area contributed by atoms with Crippen molar-refractivity contribution in [2.24, 2.45) is 0 Å². The molecule has 0 bridgehead atoms. The Morgan fingerprint density at radius 2 is 1.84 bits per heavy atom. The van der Waals surface area contributed by atoms with Crippen LogP contribution in [0.5, 0.6) is 5.75 Å². The zero-order valence-electron chi connectivity index (χ0n) is 17.6. The van der Waals surface area contributed by atoms with E-state index in [1.807, 2.05) is 29.2 Å². The Balaban J connectivity index is 1.33. The summed E-state index contributed by atoms with van der Waals surface area (Å²) in [6.07, 6.45) is 0.960. The Labute approximate surface area is 185 Å². The molecule has 0 aliphatic carbocycles. The van der Waals surface area contributed by atoms with Gasteiger partial charge in [0.05, 0.1) is 13.5 Å². The van der Waals surface area contributed by atoms with Gasteiger partial charge in [0.1, 0.15) is 17.4 Å². The standard InChI is InChI=1S/C23H25FN4O2S/c1-16-15-27(23-25-21(26-31-23)13-17-3-7-19(24)8-4-17)11-12-28(16)22(29)14-18-5-9-20(30-2)10-6-18/h3-10,16H,11-15H2,1-2H3. The molecule has 1 aliphatic rings. The zero-order valence-corrected chi connectivity index (χ0v) is 18.4. The number of anilines is 1. The van der Waals surface area contributed by atoms with Crippen LogP contribution in [0.1, 0.15) is 23.9 Å². The number of carbonyl (C=O) groups excluding carboxylic acids is 1. The summed E-state index contributed by atoms with van der Waals surface area (Å²) in [6.45, 7) is 4.17. The molecule has 1 fully saturated rings. The van der Waals surface area contributed by atoms with Crippen LogP contribution in [0.15, 0.2) is 48.5 Å². The lowest BCUT2D eigenvalue weighted by atomic mass is 10.1. The van der Waals surface area contributed by atoms with Gasteiger partial charge in [0, 0.05) is 43.6 Å².